The summed E-state index contributed by atoms with van der Waals surface area (Å²) < 4.78 is 51.2. The lowest BCUT2D eigenvalue weighted by molar-refractivity contribution is -0.146. The summed E-state index contributed by atoms with van der Waals surface area (Å²) in [5, 5.41) is 5.14. The number of amides is 2. The number of rotatable bonds is 6. The maximum Gasteiger partial charge on any atom is 0.449 e. The molecule has 0 bridgehead atoms. The molecular formula is C19H19F3N4O3. The first-order valence-corrected chi connectivity index (χ1v) is 8.63. The lowest BCUT2D eigenvalue weighted by Gasteiger charge is -2.14. The number of para-hydroxylation sites is 2. The minimum Gasteiger partial charge on any atom is -0.497 e. The van der Waals surface area contributed by atoms with E-state index in [-0.39, 0.29) is 18.6 Å². The zero-order chi connectivity index (χ0) is 21.0. The molecule has 3 rings (SSSR count). The third-order valence-electron chi connectivity index (χ3n) is 4.18. The Hall–Kier alpha value is -3.43. The number of benzene rings is 2. The van der Waals surface area contributed by atoms with Crippen LogP contribution in [0.3, 0.4) is 0 Å². The molecule has 1 heterocycles. The minimum atomic E-state index is -4.60. The number of methoxy groups -OCH3 is 2. The molecule has 2 amide bonds. The summed E-state index contributed by atoms with van der Waals surface area (Å²) in [5.41, 5.74) is 0.954. The number of alkyl halides is 3. The SMILES string of the molecule is COc1ccc(OC)c(NC(=O)NCCn2c(C(F)(F)F)nc3ccccc32)c1. The molecule has 0 fully saturated rings. The number of carbonyl (C=O) groups excluding carboxylic acids is 1. The van der Waals surface area contributed by atoms with Crippen molar-refractivity contribution in [3.05, 3.63) is 48.3 Å². The van der Waals surface area contributed by atoms with Crippen LogP contribution in [0.2, 0.25) is 0 Å². The molecule has 0 unspecified atom stereocenters. The van der Waals surface area contributed by atoms with Gasteiger partial charge in [-0.05, 0) is 24.3 Å². The number of imidazole rings is 1. The third-order valence-corrected chi connectivity index (χ3v) is 4.18. The molecule has 3 aromatic rings. The van der Waals surface area contributed by atoms with Gasteiger partial charge >= 0.3 is 12.2 Å². The zero-order valence-corrected chi connectivity index (χ0v) is 15.7. The van der Waals surface area contributed by atoms with Gasteiger partial charge in [0, 0.05) is 19.2 Å². The highest BCUT2D eigenvalue weighted by Crippen LogP contribution is 2.31. The lowest BCUT2D eigenvalue weighted by Crippen LogP contribution is -2.32. The van der Waals surface area contributed by atoms with E-state index < -0.39 is 18.0 Å². The van der Waals surface area contributed by atoms with Crippen LogP contribution >= 0.6 is 0 Å². The number of ether oxygens (including phenoxy) is 2. The van der Waals surface area contributed by atoms with Crippen molar-refractivity contribution >= 4 is 22.8 Å². The molecule has 0 saturated carbocycles. The summed E-state index contributed by atoms with van der Waals surface area (Å²) in [6.45, 7) is -0.139. The second-order valence-corrected chi connectivity index (χ2v) is 6.02. The predicted molar refractivity (Wildman–Crippen MR) is 101 cm³/mol. The van der Waals surface area contributed by atoms with Crippen LogP contribution in [-0.2, 0) is 12.7 Å². The number of anilines is 1. The topological polar surface area (TPSA) is 77.4 Å². The highest BCUT2D eigenvalue weighted by atomic mass is 19.4. The predicted octanol–water partition coefficient (Wildman–Crippen LogP) is 3.89. The second kappa shape index (κ2) is 8.29. The van der Waals surface area contributed by atoms with Gasteiger partial charge in [0.25, 0.3) is 0 Å². The van der Waals surface area contributed by atoms with Crippen LogP contribution in [-0.4, -0.2) is 36.3 Å². The summed E-state index contributed by atoms with van der Waals surface area (Å²) in [7, 11) is 2.94. The summed E-state index contributed by atoms with van der Waals surface area (Å²) >= 11 is 0. The number of halogens is 3. The van der Waals surface area contributed by atoms with E-state index in [4.69, 9.17) is 9.47 Å². The molecule has 7 nitrogen and oxygen atoms in total. The number of carbonyl (C=O) groups is 1. The Morgan fingerprint density at radius 3 is 2.59 bits per heavy atom. The van der Waals surface area contributed by atoms with Gasteiger partial charge in [-0.25, -0.2) is 9.78 Å². The number of urea groups is 1. The molecule has 0 saturated heterocycles. The van der Waals surface area contributed by atoms with E-state index in [0.717, 1.165) is 4.57 Å². The van der Waals surface area contributed by atoms with Crippen LogP contribution in [0.4, 0.5) is 23.7 Å². The maximum atomic E-state index is 13.3. The summed E-state index contributed by atoms with van der Waals surface area (Å²) in [6, 6.07) is 10.6. The van der Waals surface area contributed by atoms with Gasteiger partial charge < -0.3 is 24.7 Å². The first-order chi connectivity index (χ1) is 13.8. The number of aromatic nitrogens is 2. The molecule has 0 spiro atoms. The van der Waals surface area contributed by atoms with Crippen LogP contribution in [0, 0.1) is 0 Å². The van der Waals surface area contributed by atoms with Crippen molar-refractivity contribution in [2.45, 2.75) is 12.7 Å². The fourth-order valence-corrected chi connectivity index (χ4v) is 2.88. The lowest BCUT2D eigenvalue weighted by atomic mass is 10.2. The van der Waals surface area contributed by atoms with Crippen LogP contribution < -0.4 is 20.1 Å². The number of hydrogen-bond donors (Lipinski definition) is 2. The fraction of sp³-hybridized carbons (Fsp3) is 0.263. The van der Waals surface area contributed by atoms with E-state index in [1.165, 1.54) is 20.3 Å². The van der Waals surface area contributed by atoms with E-state index in [0.29, 0.717) is 22.7 Å². The first-order valence-electron chi connectivity index (χ1n) is 8.63. The number of nitrogens with zero attached hydrogens (tertiary/aromatic N) is 2. The van der Waals surface area contributed by atoms with Crippen LogP contribution in [0.25, 0.3) is 11.0 Å². The van der Waals surface area contributed by atoms with Gasteiger partial charge in [0.05, 0.1) is 30.9 Å². The van der Waals surface area contributed by atoms with E-state index in [2.05, 4.69) is 15.6 Å². The highest BCUT2D eigenvalue weighted by molar-refractivity contribution is 5.91. The molecule has 0 aliphatic rings. The number of nitrogens with one attached hydrogen (secondary N) is 2. The zero-order valence-electron chi connectivity index (χ0n) is 15.7. The van der Waals surface area contributed by atoms with Crippen LogP contribution in [0.1, 0.15) is 5.82 Å². The van der Waals surface area contributed by atoms with Crippen LogP contribution in [0.5, 0.6) is 11.5 Å². The van der Waals surface area contributed by atoms with Crippen molar-refractivity contribution < 1.29 is 27.4 Å². The molecule has 10 heteroatoms. The van der Waals surface area contributed by atoms with Crippen LogP contribution in [0.15, 0.2) is 42.5 Å². The molecule has 29 heavy (non-hydrogen) atoms. The average molecular weight is 408 g/mol. The third kappa shape index (κ3) is 4.53. The van der Waals surface area contributed by atoms with E-state index >= 15 is 0 Å². The monoisotopic (exact) mass is 408 g/mol. The smallest absolute Gasteiger partial charge is 0.449 e. The summed E-state index contributed by atoms with van der Waals surface area (Å²) in [6.07, 6.45) is -4.60. The Labute approximate surface area is 164 Å². The Morgan fingerprint density at radius 2 is 1.90 bits per heavy atom. The molecule has 0 aliphatic carbocycles. The maximum absolute atomic E-state index is 13.3. The van der Waals surface area contributed by atoms with Crippen molar-refractivity contribution in [3.8, 4) is 11.5 Å². The molecule has 2 aromatic carbocycles. The van der Waals surface area contributed by atoms with E-state index in [1.54, 1.807) is 36.4 Å². The van der Waals surface area contributed by atoms with E-state index in [1.807, 2.05) is 0 Å². The van der Waals surface area contributed by atoms with Gasteiger partial charge in [-0.1, -0.05) is 12.1 Å². The minimum absolute atomic E-state index is 0.0401. The summed E-state index contributed by atoms with van der Waals surface area (Å²) in [4.78, 5) is 15.9. The van der Waals surface area contributed by atoms with Gasteiger partial charge in [0.1, 0.15) is 11.5 Å². The van der Waals surface area contributed by atoms with Gasteiger partial charge in [-0.15, -0.1) is 0 Å². The van der Waals surface area contributed by atoms with Gasteiger partial charge in [-0.2, -0.15) is 13.2 Å². The Kier molecular flexibility index (Phi) is 5.81. The molecular weight excluding hydrogens is 389 g/mol. The standard InChI is InChI=1S/C19H19F3N4O3/c1-28-12-7-8-16(29-2)14(11-12)25-18(27)23-9-10-26-15-6-4-3-5-13(15)24-17(26)19(20,21)22/h3-8,11H,9-10H2,1-2H3,(H2,23,25,27). The quantitative estimate of drug-likeness (QED) is 0.649. The van der Waals surface area contributed by atoms with Crippen molar-refractivity contribution in [2.75, 3.05) is 26.1 Å². The number of hydrogen-bond acceptors (Lipinski definition) is 4. The molecule has 0 radical (unpaired) electrons. The Morgan fingerprint density at radius 1 is 1.14 bits per heavy atom. The first kappa shape index (κ1) is 20.3. The van der Waals surface area contributed by atoms with Gasteiger partial charge in [0.15, 0.2) is 0 Å². The molecule has 0 atom stereocenters. The van der Waals surface area contributed by atoms with Crippen molar-refractivity contribution in [1.82, 2.24) is 14.9 Å². The second-order valence-electron chi connectivity index (χ2n) is 6.02. The van der Waals surface area contributed by atoms with Crippen molar-refractivity contribution in [1.29, 1.82) is 0 Å². The highest BCUT2D eigenvalue weighted by Gasteiger charge is 2.37. The molecule has 0 aliphatic heterocycles. The van der Waals surface area contributed by atoms with Gasteiger partial charge in [0.2, 0.25) is 5.82 Å². The molecule has 1 aromatic heterocycles. The largest absolute Gasteiger partial charge is 0.497 e. The van der Waals surface area contributed by atoms with E-state index in [9.17, 15) is 18.0 Å². The molecule has 2 N–H and O–H groups in total. The van der Waals surface area contributed by atoms with Crippen molar-refractivity contribution in [2.24, 2.45) is 0 Å². The van der Waals surface area contributed by atoms with Crippen molar-refractivity contribution in [3.63, 3.8) is 0 Å². The fourth-order valence-electron chi connectivity index (χ4n) is 2.88. The summed E-state index contributed by atoms with van der Waals surface area (Å²) in [5.74, 6) is -0.0721. The molecule has 154 valence electrons. The van der Waals surface area contributed by atoms with Gasteiger partial charge in [-0.3, -0.25) is 0 Å². The normalized spacial score (nSPS) is 11.3. The Bertz CT molecular complexity index is 1020. The number of fused-ring (bicyclic) bond motifs is 1. The Balaban J connectivity index is 1.70. The average Bonchev–Trinajstić information content (AvgIpc) is 3.07.